The van der Waals surface area contributed by atoms with Crippen LogP contribution in [0.1, 0.15) is 16.1 Å². The number of carbonyl (C=O) groups is 2. The van der Waals surface area contributed by atoms with Gasteiger partial charge in [0.1, 0.15) is 5.69 Å². The van der Waals surface area contributed by atoms with Crippen LogP contribution in [-0.4, -0.2) is 77.3 Å². The van der Waals surface area contributed by atoms with Gasteiger partial charge >= 0.3 is 5.97 Å². The molecule has 1 N–H and O–H groups in total. The van der Waals surface area contributed by atoms with Crippen LogP contribution in [0.3, 0.4) is 0 Å². The molecule has 1 aliphatic heterocycles. The third kappa shape index (κ3) is 4.73. The molecule has 0 atom stereocenters. The molecule has 1 amide bonds. The summed E-state index contributed by atoms with van der Waals surface area (Å²) in [5, 5.41) is 10.2. The third-order valence-electron chi connectivity index (χ3n) is 6.31. The Morgan fingerprint density at radius 1 is 0.971 bits per heavy atom. The molecule has 1 fully saturated rings. The van der Waals surface area contributed by atoms with Gasteiger partial charge in [-0.3, -0.25) is 14.5 Å². The van der Waals surface area contributed by atoms with Crippen LogP contribution in [0.25, 0.3) is 21.9 Å². The fourth-order valence-corrected chi connectivity index (χ4v) is 4.37. The van der Waals surface area contributed by atoms with Gasteiger partial charge in [-0.15, -0.1) is 0 Å². The molecule has 0 aliphatic carbocycles. The molecule has 1 aliphatic rings. The second-order valence-corrected chi connectivity index (χ2v) is 8.52. The number of hydrogen-bond acceptors (Lipinski definition) is 6. The summed E-state index contributed by atoms with van der Waals surface area (Å²) in [5.41, 5.74) is 2.29. The first-order valence-corrected chi connectivity index (χ1v) is 11.4. The van der Waals surface area contributed by atoms with Gasteiger partial charge in [-0.2, -0.15) is 0 Å². The van der Waals surface area contributed by atoms with E-state index in [0.717, 1.165) is 11.1 Å². The van der Waals surface area contributed by atoms with E-state index in [0.29, 0.717) is 49.1 Å². The van der Waals surface area contributed by atoms with Gasteiger partial charge in [-0.05, 0) is 23.9 Å². The Hall–Kier alpha value is -3.49. The Balaban J connectivity index is 1.62. The van der Waals surface area contributed by atoms with Gasteiger partial charge in [0.25, 0.3) is 11.5 Å². The highest BCUT2D eigenvalue weighted by molar-refractivity contribution is 6.07. The van der Waals surface area contributed by atoms with E-state index in [-0.39, 0.29) is 23.8 Å². The Labute approximate surface area is 198 Å². The highest BCUT2D eigenvalue weighted by atomic mass is 16.5. The van der Waals surface area contributed by atoms with Crippen molar-refractivity contribution in [2.75, 3.05) is 45.9 Å². The number of benzene rings is 2. The SMILES string of the molecule is Cc1ccc(-c2c(C(=O)OCC(=O)N3CCN(CCO)CC3)n(C)c(=O)c3ccccc23)cc1. The highest BCUT2D eigenvalue weighted by Crippen LogP contribution is 2.31. The summed E-state index contributed by atoms with van der Waals surface area (Å²) in [6.45, 7) is 4.60. The lowest BCUT2D eigenvalue weighted by atomic mass is 9.96. The summed E-state index contributed by atoms with van der Waals surface area (Å²) in [7, 11) is 1.55. The van der Waals surface area contributed by atoms with Crippen molar-refractivity contribution in [1.29, 1.82) is 0 Å². The number of amides is 1. The Kier molecular flexibility index (Phi) is 7.09. The van der Waals surface area contributed by atoms with E-state index in [9.17, 15) is 14.4 Å². The highest BCUT2D eigenvalue weighted by Gasteiger charge is 2.26. The van der Waals surface area contributed by atoms with Gasteiger partial charge in [-0.25, -0.2) is 4.79 Å². The quantitative estimate of drug-likeness (QED) is 0.561. The molecule has 0 spiro atoms. The maximum Gasteiger partial charge on any atom is 0.356 e. The van der Waals surface area contributed by atoms with Crippen LogP contribution in [0.5, 0.6) is 0 Å². The van der Waals surface area contributed by atoms with Crippen LogP contribution in [0, 0.1) is 6.92 Å². The number of fused-ring (bicyclic) bond motifs is 1. The molecule has 3 aromatic rings. The summed E-state index contributed by atoms with van der Waals surface area (Å²) in [4.78, 5) is 42.7. The van der Waals surface area contributed by atoms with Gasteiger partial charge in [0.2, 0.25) is 0 Å². The minimum absolute atomic E-state index is 0.0827. The van der Waals surface area contributed by atoms with Crippen LogP contribution in [0.15, 0.2) is 53.3 Å². The number of esters is 1. The molecule has 178 valence electrons. The van der Waals surface area contributed by atoms with E-state index < -0.39 is 12.6 Å². The van der Waals surface area contributed by atoms with Crippen LogP contribution >= 0.6 is 0 Å². The average Bonchev–Trinajstić information content (AvgIpc) is 2.85. The van der Waals surface area contributed by atoms with Crippen molar-refractivity contribution < 1.29 is 19.4 Å². The normalized spacial score (nSPS) is 14.4. The second kappa shape index (κ2) is 10.2. The van der Waals surface area contributed by atoms with Crippen molar-refractivity contribution in [1.82, 2.24) is 14.4 Å². The molecule has 1 saturated heterocycles. The lowest BCUT2D eigenvalue weighted by Gasteiger charge is -2.34. The monoisotopic (exact) mass is 463 g/mol. The van der Waals surface area contributed by atoms with Crippen molar-refractivity contribution >= 4 is 22.6 Å². The molecule has 0 radical (unpaired) electrons. The number of ether oxygens (including phenoxy) is 1. The molecule has 0 bridgehead atoms. The number of aliphatic hydroxyl groups excluding tert-OH is 1. The Morgan fingerprint density at radius 3 is 2.26 bits per heavy atom. The summed E-state index contributed by atoms with van der Waals surface area (Å²) in [5.74, 6) is -0.993. The number of aryl methyl sites for hydroxylation is 1. The molecule has 4 rings (SSSR count). The molecule has 8 nitrogen and oxygen atoms in total. The number of aliphatic hydroxyl groups is 1. The minimum Gasteiger partial charge on any atom is -0.451 e. The number of hydrogen-bond donors (Lipinski definition) is 1. The number of carbonyl (C=O) groups excluding carboxylic acids is 2. The van der Waals surface area contributed by atoms with Gasteiger partial charge in [0.15, 0.2) is 6.61 Å². The number of pyridine rings is 1. The molecule has 0 unspecified atom stereocenters. The summed E-state index contributed by atoms with van der Waals surface area (Å²) in [6.07, 6.45) is 0. The summed E-state index contributed by atoms with van der Waals surface area (Å²) >= 11 is 0. The third-order valence-corrected chi connectivity index (χ3v) is 6.31. The molecule has 1 aromatic heterocycles. The van der Waals surface area contributed by atoms with E-state index >= 15 is 0 Å². The van der Waals surface area contributed by atoms with Crippen molar-refractivity contribution in [2.24, 2.45) is 7.05 Å². The summed E-state index contributed by atoms with van der Waals surface area (Å²) < 4.78 is 6.75. The lowest BCUT2D eigenvalue weighted by molar-refractivity contribution is -0.136. The first-order valence-electron chi connectivity index (χ1n) is 11.4. The van der Waals surface area contributed by atoms with E-state index in [1.807, 2.05) is 43.3 Å². The summed E-state index contributed by atoms with van der Waals surface area (Å²) in [6, 6.07) is 14.9. The number of aromatic nitrogens is 1. The zero-order valence-corrected chi connectivity index (χ0v) is 19.5. The largest absolute Gasteiger partial charge is 0.451 e. The smallest absolute Gasteiger partial charge is 0.356 e. The average molecular weight is 464 g/mol. The Morgan fingerprint density at radius 2 is 1.62 bits per heavy atom. The van der Waals surface area contributed by atoms with Crippen molar-refractivity contribution in [2.45, 2.75) is 6.92 Å². The number of β-amino-alcohol motifs (C(OH)–C–C–N with tert-alkyl or cyclic N) is 1. The van der Waals surface area contributed by atoms with Gasteiger partial charge in [0.05, 0.1) is 6.61 Å². The predicted molar refractivity (Wildman–Crippen MR) is 130 cm³/mol. The molecule has 2 heterocycles. The first kappa shape index (κ1) is 23.7. The van der Waals surface area contributed by atoms with Crippen LogP contribution < -0.4 is 5.56 Å². The fourth-order valence-electron chi connectivity index (χ4n) is 4.37. The van der Waals surface area contributed by atoms with E-state index in [1.54, 1.807) is 24.1 Å². The van der Waals surface area contributed by atoms with Crippen LogP contribution in [-0.2, 0) is 16.6 Å². The van der Waals surface area contributed by atoms with Gasteiger partial charge in [-0.1, -0.05) is 48.0 Å². The molecule has 2 aromatic carbocycles. The zero-order valence-electron chi connectivity index (χ0n) is 19.5. The maximum atomic E-state index is 13.3. The van der Waals surface area contributed by atoms with E-state index in [2.05, 4.69) is 4.90 Å². The molecular formula is C26H29N3O5. The van der Waals surface area contributed by atoms with Crippen molar-refractivity contribution in [3.8, 4) is 11.1 Å². The predicted octanol–water partition coefficient (Wildman–Crippen LogP) is 1.81. The van der Waals surface area contributed by atoms with Gasteiger partial charge in [0, 0.05) is 50.7 Å². The van der Waals surface area contributed by atoms with Crippen molar-refractivity contribution in [3.63, 3.8) is 0 Å². The number of nitrogens with zero attached hydrogens (tertiary/aromatic N) is 3. The second-order valence-electron chi connectivity index (χ2n) is 8.52. The first-order chi connectivity index (χ1) is 16.4. The van der Waals surface area contributed by atoms with Crippen LogP contribution in [0.4, 0.5) is 0 Å². The van der Waals surface area contributed by atoms with Crippen molar-refractivity contribution in [3.05, 3.63) is 70.1 Å². The number of rotatable bonds is 6. The maximum absolute atomic E-state index is 13.3. The van der Waals surface area contributed by atoms with Crippen LogP contribution in [0.2, 0.25) is 0 Å². The van der Waals surface area contributed by atoms with E-state index in [1.165, 1.54) is 4.57 Å². The number of piperazine rings is 1. The van der Waals surface area contributed by atoms with Gasteiger partial charge < -0.3 is 19.3 Å². The Bertz CT molecular complexity index is 1260. The van der Waals surface area contributed by atoms with E-state index in [4.69, 9.17) is 9.84 Å². The molecule has 8 heteroatoms. The molecular weight excluding hydrogens is 434 g/mol. The zero-order chi connectivity index (χ0) is 24.2. The molecule has 34 heavy (non-hydrogen) atoms. The minimum atomic E-state index is -0.715. The fraction of sp³-hybridized carbons (Fsp3) is 0.346. The topological polar surface area (TPSA) is 92.1 Å². The standard InChI is InChI=1S/C26H29N3O5/c1-18-7-9-19(10-8-18)23-20-5-3-4-6-21(20)25(32)27(2)24(23)26(33)34-17-22(31)29-13-11-28(12-14-29)15-16-30/h3-10,30H,11-17H2,1-2H3. The molecule has 0 saturated carbocycles. The lowest BCUT2D eigenvalue weighted by Crippen LogP contribution is -2.50.